The highest BCUT2D eigenvalue weighted by Gasteiger charge is 2.29. The fraction of sp³-hybridized carbons (Fsp3) is 0.292. The average Bonchev–Trinajstić information content (AvgIpc) is 3.34. The number of amides is 2. The number of non-ortho nitro benzene ring substituents is 1. The molecule has 10 heteroatoms. The summed E-state index contributed by atoms with van der Waals surface area (Å²) < 4.78 is 5.69. The van der Waals surface area contributed by atoms with Crippen molar-refractivity contribution < 1.29 is 19.2 Å². The van der Waals surface area contributed by atoms with E-state index in [0.717, 1.165) is 31.4 Å². The number of ether oxygens (including phenoxy) is 1. The van der Waals surface area contributed by atoms with E-state index in [2.05, 4.69) is 15.6 Å². The highest BCUT2D eigenvalue weighted by atomic mass is 32.1. The number of hydrogen-bond donors (Lipinski definition) is 2. The van der Waals surface area contributed by atoms with Crippen molar-refractivity contribution in [2.45, 2.75) is 44.4 Å². The Labute approximate surface area is 200 Å². The number of para-hydroxylation sites is 1. The van der Waals surface area contributed by atoms with E-state index in [4.69, 9.17) is 4.74 Å². The van der Waals surface area contributed by atoms with E-state index in [-0.39, 0.29) is 36.2 Å². The number of carbonyl (C=O) groups excluding carboxylic acids is 2. The van der Waals surface area contributed by atoms with Gasteiger partial charge in [-0.15, -0.1) is 11.3 Å². The van der Waals surface area contributed by atoms with Crippen molar-refractivity contribution in [2.24, 2.45) is 0 Å². The van der Waals surface area contributed by atoms with E-state index in [1.54, 1.807) is 5.38 Å². The zero-order valence-electron chi connectivity index (χ0n) is 18.3. The second-order valence-corrected chi connectivity index (χ2v) is 8.92. The lowest BCUT2D eigenvalue weighted by Gasteiger charge is -2.32. The number of benzene rings is 2. The second kappa shape index (κ2) is 10.9. The normalized spacial score (nSPS) is 17.5. The molecule has 1 aliphatic rings. The van der Waals surface area contributed by atoms with E-state index in [1.165, 1.54) is 35.6 Å². The summed E-state index contributed by atoms with van der Waals surface area (Å²) in [5, 5.41) is 19.2. The summed E-state index contributed by atoms with van der Waals surface area (Å²) in [5.41, 5.74) is 0.586. The zero-order chi connectivity index (χ0) is 23.9. The van der Waals surface area contributed by atoms with Crippen LogP contribution in [0.3, 0.4) is 0 Å². The lowest BCUT2D eigenvalue weighted by atomic mass is 9.90. The highest BCUT2D eigenvalue weighted by molar-refractivity contribution is 7.09. The van der Waals surface area contributed by atoms with Gasteiger partial charge in [-0.3, -0.25) is 19.7 Å². The Morgan fingerprint density at radius 2 is 1.65 bits per heavy atom. The minimum atomic E-state index is -0.508. The molecule has 1 saturated carbocycles. The smallest absolute Gasteiger partial charge is 0.271 e. The highest BCUT2D eigenvalue weighted by Crippen LogP contribution is 2.21. The Morgan fingerprint density at radius 1 is 1.00 bits per heavy atom. The van der Waals surface area contributed by atoms with Crippen molar-refractivity contribution >= 4 is 28.8 Å². The van der Waals surface area contributed by atoms with E-state index in [0.29, 0.717) is 16.3 Å². The summed E-state index contributed by atoms with van der Waals surface area (Å²) in [6, 6.07) is 14.4. The van der Waals surface area contributed by atoms with Crippen molar-refractivity contribution in [1.29, 1.82) is 0 Å². The number of rotatable bonds is 8. The van der Waals surface area contributed by atoms with Crippen LogP contribution in [-0.2, 0) is 6.61 Å². The molecule has 9 nitrogen and oxygen atoms in total. The molecule has 2 amide bonds. The summed E-state index contributed by atoms with van der Waals surface area (Å²) in [6.07, 6.45) is 3.36. The largest absolute Gasteiger partial charge is 0.486 e. The number of nitrogens with zero attached hydrogens (tertiary/aromatic N) is 2. The SMILES string of the molecule is O=C(N[C@H]1CCCC[C@H]1NC(=O)c1csc(COc2ccccc2)n1)c1ccc([N+](=O)[O-])cc1. The van der Waals surface area contributed by atoms with Gasteiger partial charge in [0.25, 0.3) is 17.5 Å². The van der Waals surface area contributed by atoms with Crippen LogP contribution in [0.1, 0.15) is 51.5 Å². The summed E-state index contributed by atoms with van der Waals surface area (Å²) in [7, 11) is 0. The van der Waals surface area contributed by atoms with Crippen LogP contribution in [0, 0.1) is 10.1 Å². The van der Waals surface area contributed by atoms with Gasteiger partial charge < -0.3 is 15.4 Å². The molecule has 1 fully saturated rings. The van der Waals surface area contributed by atoms with Crippen LogP contribution in [-0.4, -0.2) is 33.8 Å². The molecule has 34 heavy (non-hydrogen) atoms. The van der Waals surface area contributed by atoms with Gasteiger partial charge in [0.1, 0.15) is 23.1 Å². The van der Waals surface area contributed by atoms with Gasteiger partial charge in [-0.25, -0.2) is 4.98 Å². The number of nitro groups is 1. The monoisotopic (exact) mass is 480 g/mol. The first-order valence-electron chi connectivity index (χ1n) is 11.0. The van der Waals surface area contributed by atoms with Crippen molar-refractivity contribution in [3.05, 3.63) is 86.4 Å². The van der Waals surface area contributed by atoms with Crippen LogP contribution in [0.4, 0.5) is 5.69 Å². The minimum Gasteiger partial charge on any atom is -0.486 e. The maximum atomic E-state index is 12.8. The summed E-state index contributed by atoms with van der Waals surface area (Å²) in [6.45, 7) is 0.277. The molecule has 2 N–H and O–H groups in total. The van der Waals surface area contributed by atoms with Crippen LogP contribution < -0.4 is 15.4 Å². The minimum absolute atomic E-state index is 0.0730. The molecule has 0 aliphatic heterocycles. The van der Waals surface area contributed by atoms with E-state index >= 15 is 0 Å². The van der Waals surface area contributed by atoms with E-state index in [9.17, 15) is 19.7 Å². The number of carbonyl (C=O) groups is 2. The van der Waals surface area contributed by atoms with Gasteiger partial charge in [0, 0.05) is 35.2 Å². The van der Waals surface area contributed by atoms with Crippen LogP contribution in [0.5, 0.6) is 5.75 Å². The molecule has 176 valence electrons. The molecule has 0 unspecified atom stereocenters. The number of nitro benzene ring substituents is 1. The Morgan fingerprint density at radius 3 is 2.29 bits per heavy atom. The molecule has 0 spiro atoms. The van der Waals surface area contributed by atoms with Crippen molar-refractivity contribution in [1.82, 2.24) is 15.6 Å². The third kappa shape index (κ3) is 5.96. The standard InChI is InChI=1S/C24H24N4O5S/c29-23(16-10-12-17(13-11-16)28(31)32)26-19-8-4-5-9-20(19)27-24(30)21-15-34-22(25-21)14-33-18-6-2-1-3-7-18/h1-3,6-7,10-13,15,19-20H,4-5,8-9,14H2,(H,26,29)(H,27,30)/t19-,20+/m0/s1. The van der Waals surface area contributed by atoms with Gasteiger partial charge in [-0.2, -0.15) is 0 Å². The van der Waals surface area contributed by atoms with Crippen molar-refractivity contribution in [2.75, 3.05) is 0 Å². The quantitative estimate of drug-likeness (QED) is 0.370. The molecule has 0 bridgehead atoms. The molecule has 1 aliphatic carbocycles. The maximum absolute atomic E-state index is 12.8. The van der Waals surface area contributed by atoms with Gasteiger partial charge >= 0.3 is 0 Å². The molecule has 4 rings (SSSR count). The first-order chi connectivity index (χ1) is 16.5. The third-order valence-corrected chi connectivity index (χ3v) is 6.45. The molecule has 0 saturated heterocycles. The lowest BCUT2D eigenvalue weighted by Crippen LogP contribution is -2.53. The van der Waals surface area contributed by atoms with E-state index < -0.39 is 4.92 Å². The lowest BCUT2D eigenvalue weighted by molar-refractivity contribution is -0.384. The van der Waals surface area contributed by atoms with Gasteiger partial charge in [0.2, 0.25) is 0 Å². The fourth-order valence-corrected chi connectivity index (χ4v) is 4.53. The number of thiazole rings is 1. The molecule has 0 radical (unpaired) electrons. The number of nitrogens with one attached hydrogen (secondary N) is 2. The Balaban J connectivity index is 1.34. The molecular formula is C24H24N4O5S. The van der Waals surface area contributed by atoms with Crippen LogP contribution in [0.15, 0.2) is 60.0 Å². The van der Waals surface area contributed by atoms with Gasteiger partial charge in [-0.05, 0) is 37.1 Å². The Hall–Kier alpha value is -3.79. The molecule has 3 aromatic rings. The summed E-state index contributed by atoms with van der Waals surface area (Å²) in [5.74, 6) is 0.122. The van der Waals surface area contributed by atoms with Crippen LogP contribution in [0.25, 0.3) is 0 Å². The zero-order valence-corrected chi connectivity index (χ0v) is 19.1. The fourth-order valence-electron chi connectivity index (χ4n) is 3.85. The third-order valence-electron chi connectivity index (χ3n) is 5.63. The molecular weight excluding hydrogens is 456 g/mol. The molecule has 2 atom stereocenters. The molecule has 1 heterocycles. The topological polar surface area (TPSA) is 123 Å². The molecule has 2 aromatic carbocycles. The van der Waals surface area contributed by atoms with Crippen LogP contribution >= 0.6 is 11.3 Å². The van der Waals surface area contributed by atoms with Gasteiger partial charge in [0.15, 0.2) is 0 Å². The first kappa shape index (κ1) is 23.4. The van der Waals surface area contributed by atoms with Crippen LogP contribution in [0.2, 0.25) is 0 Å². The molecule has 1 aromatic heterocycles. The van der Waals surface area contributed by atoms with Crippen molar-refractivity contribution in [3.8, 4) is 5.75 Å². The first-order valence-corrected chi connectivity index (χ1v) is 11.9. The Bertz CT molecular complexity index is 1150. The Kier molecular flexibility index (Phi) is 7.48. The summed E-state index contributed by atoms with van der Waals surface area (Å²) >= 11 is 1.36. The number of aromatic nitrogens is 1. The van der Waals surface area contributed by atoms with E-state index in [1.807, 2.05) is 30.3 Å². The maximum Gasteiger partial charge on any atom is 0.271 e. The van der Waals surface area contributed by atoms with Gasteiger partial charge in [0.05, 0.1) is 4.92 Å². The predicted molar refractivity (Wildman–Crippen MR) is 127 cm³/mol. The van der Waals surface area contributed by atoms with Gasteiger partial charge in [-0.1, -0.05) is 31.0 Å². The second-order valence-electron chi connectivity index (χ2n) is 7.98. The summed E-state index contributed by atoms with van der Waals surface area (Å²) in [4.78, 5) is 40.2. The average molecular weight is 481 g/mol. The van der Waals surface area contributed by atoms with Crippen molar-refractivity contribution in [3.63, 3.8) is 0 Å². The predicted octanol–water partition coefficient (Wildman–Crippen LogP) is 4.10. The number of hydrogen-bond acceptors (Lipinski definition) is 7.